The van der Waals surface area contributed by atoms with Gasteiger partial charge in [-0.05, 0) is 50.9 Å². The number of ether oxygens (including phenoxy) is 1. The van der Waals surface area contributed by atoms with Crippen LogP contribution >= 0.6 is 0 Å². The van der Waals surface area contributed by atoms with Gasteiger partial charge in [0.2, 0.25) is 0 Å². The minimum Gasteiger partial charge on any atom is -0.373 e. The van der Waals surface area contributed by atoms with Gasteiger partial charge in [-0.2, -0.15) is 0 Å². The van der Waals surface area contributed by atoms with Crippen LogP contribution in [0, 0.1) is 0 Å². The number of rotatable bonds is 6. The van der Waals surface area contributed by atoms with Crippen molar-refractivity contribution in [3.8, 4) is 0 Å². The maximum atomic E-state index is 6.57. The van der Waals surface area contributed by atoms with Crippen LogP contribution in [0.1, 0.15) is 51.3 Å². The number of hydrogen-bond donors (Lipinski definition) is 1. The third-order valence-electron chi connectivity index (χ3n) is 5.05. The van der Waals surface area contributed by atoms with Crippen LogP contribution in [-0.2, 0) is 11.2 Å². The molecule has 0 spiro atoms. The fourth-order valence-corrected chi connectivity index (χ4v) is 3.46. The molecule has 1 aliphatic rings. The molecular weight excluding hydrogens is 260 g/mol. The molecule has 21 heavy (non-hydrogen) atoms. The predicted octanol–water partition coefficient (Wildman–Crippen LogP) is 3.14. The molecule has 0 bridgehead atoms. The van der Waals surface area contributed by atoms with Crippen molar-refractivity contribution < 1.29 is 4.74 Å². The smallest absolute Gasteiger partial charge is 0.0843 e. The van der Waals surface area contributed by atoms with Crippen LogP contribution in [0.5, 0.6) is 0 Å². The summed E-state index contributed by atoms with van der Waals surface area (Å²) in [5.74, 6) is 0. The predicted molar refractivity (Wildman–Crippen MR) is 88.4 cm³/mol. The lowest BCUT2D eigenvalue weighted by molar-refractivity contribution is 0.0119. The van der Waals surface area contributed by atoms with Gasteiger partial charge in [-0.15, -0.1) is 0 Å². The fraction of sp³-hybridized carbons (Fsp3) is 0.667. The van der Waals surface area contributed by atoms with Crippen LogP contribution in [-0.4, -0.2) is 36.2 Å². The number of nitrogens with two attached hydrogens (primary N) is 1. The van der Waals surface area contributed by atoms with Crippen LogP contribution in [0.3, 0.4) is 0 Å². The summed E-state index contributed by atoms with van der Waals surface area (Å²) in [4.78, 5) is 2.44. The van der Waals surface area contributed by atoms with Gasteiger partial charge in [0.1, 0.15) is 0 Å². The van der Waals surface area contributed by atoms with E-state index in [1.165, 1.54) is 11.1 Å². The van der Waals surface area contributed by atoms with Crippen LogP contribution in [0.2, 0.25) is 0 Å². The van der Waals surface area contributed by atoms with Crippen molar-refractivity contribution in [1.82, 2.24) is 4.90 Å². The van der Waals surface area contributed by atoms with E-state index in [4.69, 9.17) is 10.5 Å². The number of nitrogens with zero attached hydrogens (tertiary/aromatic N) is 1. The summed E-state index contributed by atoms with van der Waals surface area (Å²) >= 11 is 0. The maximum absolute atomic E-state index is 6.57. The molecule has 2 rings (SSSR count). The number of hydrogen-bond acceptors (Lipinski definition) is 3. The van der Waals surface area contributed by atoms with Crippen molar-refractivity contribution in [3.63, 3.8) is 0 Å². The third kappa shape index (κ3) is 3.47. The van der Waals surface area contributed by atoms with Gasteiger partial charge in [0.05, 0.1) is 12.7 Å². The molecule has 0 amide bonds. The van der Waals surface area contributed by atoms with E-state index < -0.39 is 0 Å². The highest BCUT2D eigenvalue weighted by molar-refractivity contribution is 5.31. The third-order valence-corrected chi connectivity index (χ3v) is 5.05. The quantitative estimate of drug-likeness (QED) is 0.874. The second-order valence-electron chi connectivity index (χ2n) is 6.48. The Hall–Kier alpha value is -0.900. The zero-order valence-electron chi connectivity index (χ0n) is 13.9. The van der Waals surface area contributed by atoms with E-state index in [1.807, 2.05) is 0 Å². The van der Waals surface area contributed by atoms with Crippen molar-refractivity contribution in [2.45, 2.75) is 58.2 Å². The largest absolute Gasteiger partial charge is 0.373 e. The van der Waals surface area contributed by atoms with Gasteiger partial charge >= 0.3 is 0 Å². The summed E-state index contributed by atoms with van der Waals surface area (Å²) < 4.78 is 6.02. The van der Waals surface area contributed by atoms with Crippen molar-refractivity contribution in [3.05, 3.63) is 35.4 Å². The van der Waals surface area contributed by atoms with Gasteiger partial charge in [-0.1, -0.05) is 38.1 Å². The Bertz CT molecular complexity index is 454. The Morgan fingerprint density at radius 1 is 1.29 bits per heavy atom. The van der Waals surface area contributed by atoms with Gasteiger partial charge < -0.3 is 10.5 Å². The van der Waals surface area contributed by atoms with E-state index in [0.717, 1.165) is 32.5 Å². The normalized spacial score (nSPS) is 20.4. The molecule has 3 nitrogen and oxygen atoms in total. The lowest BCUT2D eigenvalue weighted by atomic mass is 9.85. The molecular formula is C18H30N2O. The molecule has 0 radical (unpaired) electrons. The first kappa shape index (κ1) is 16.5. The van der Waals surface area contributed by atoms with E-state index in [2.05, 4.69) is 56.9 Å². The highest BCUT2D eigenvalue weighted by Gasteiger charge is 2.34. The Morgan fingerprint density at radius 2 is 1.95 bits per heavy atom. The first-order valence-corrected chi connectivity index (χ1v) is 8.20. The molecule has 118 valence electrons. The average Bonchev–Trinajstić information content (AvgIpc) is 2.48. The Labute approximate surface area is 129 Å². The number of fused-ring (bicyclic) bond motifs is 1. The molecule has 1 aromatic carbocycles. The van der Waals surface area contributed by atoms with Gasteiger partial charge in [0.15, 0.2) is 0 Å². The highest BCUT2D eigenvalue weighted by atomic mass is 16.5. The molecule has 0 aliphatic carbocycles. The number of likely N-dealkylation sites (N-methyl/N-ethyl adjacent to an activating group) is 1. The van der Waals surface area contributed by atoms with Crippen molar-refractivity contribution >= 4 is 0 Å². The van der Waals surface area contributed by atoms with Gasteiger partial charge in [0.25, 0.3) is 0 Å². The molecule has 2 unspecified atom stereocenters. The SMILES string of the molecule is CCN(CC)C(C)(C)C(N)CC1OCCc2ccccc21. The van der Waals surface area contributed by atoms with E-state index in [0.29, 0.717) is 0 Å². The molecule has 0 fully saturated rings. The van der Waals surface area contributed by atoms with Crippen molar-refractivity contribution in [1.29, 1.82) is 0 Å². The topological polar surface area (TPSA) is 38.5 Å². The first-order valence-electron chi connectivity index (χ1n) is 8.20. The molecule has 0 saturated carbocycles. The minimum atomic E-state index is -0.0146. The van der Waals surface area contributed by atoms with E-state index >= 15 is 0 Å². The van der Waals surface area contributed by atoms with E-state index in [9.17, 15) is 0 Å². The first-order chi connectivity index (χ1) is 10.0. The van der Waals surface area contributed by atoms with Crippen LogP contribution in [0.25, 0.3) is 0 Å². The van der Waals surface area contributed by atoms with E-state index in [-0.39, 0.29) is 17.7 Å². The van der Waals surface area contributed by atoms with Gasteiger partial charge in [0, 0.05) is 11.6 Å². The highest BCUT2D eigenvalue weighted by Crippen LogP contribution is 2.33. The Balaban J connectivity index is 2.12. The average molecular weight is 290 g/mol. The molecule has 2 atom stereocenters. The maximum Gasteiger partial charge on any atom is 0.0843 e. The molecule has 2 N–H and O–H groups in total. The molecule has 1 aliphatic heterocycles. The summed E-state index contributed by atoms with van der Waals surface area (Å²) in [6, 6.07) is 8.71. The molecule has 0 saturated heterocycles. The summed E-state index contributed by atoms with van der Waals surface area (Å²) in [6.45, 7) is 11.8. The summed E-state index contributed by atoms with van der Waals surface area (Å²) in [6.07, 6.45) is 2.03. The minimum absolute atomic E-state index is 0.0146. The molecule has 1 heterocycles. The fourth-order valence-electron chi connectivity index (χ4n) is 3.46. The van der Waals surface area contributed by atoms with Gasteiger partial charge in [-0.25, -0.2) is 0 Å². The molecule has 0 aromatic heterocycles. The van der Waals surface area contributed by atoms with Crippen LogP contribution in [0.4, 0.5) is 0 Å². The summed E-state index contributed by atoms with van der Waals surface area (Å²) in [5.41, 5.74) is 9.30. The second kappa shape index (κ2) is 6.91. The zero-order chi connectivity index (χ0) is 15.5. The Kier molecular flexibility index (Phi) is 5.42. The zero-order valence-corrected chi connectivity index (χ0v) is 13.9. The molecule has 3 heteroatoms. The van der Waals surface area contributed by atoms with Crippen LogP contribution in [0.15, 0.2) is 24.3 Å². The van der Waals surface area contributed by atoms with Crippen molar-refractivity contribution in [2.75, 3.05) is 19.7 Å². The summed E-state index contributed by atoms with van der Waals surface area (Å²) in [5, 5.41) is 0. The van der Waals surface area contributed by atoms with Crippen molar-refractivity contribution in [2.24, 2.45) is 5.73 Å². The standard InChI is InChI=1S/C18H30N2O/c1-5-20(6-2)18(3,4)17(19)13-16-15-10-8-7-9-14(15)11-12-21-16/h7-10,16-17H,5-6,11-13,19H2,1-4H3. The lowest BCUT2D eigenvalue weighted by Gasteiger charge is -2.43. The van der Waals surface area contributed by atoms with Gasteiger partial charge in [-0.3, -0.25) is 4.90 Å². The number of benzene rings is 1. The molecule has 1 aromatic rings. The Morgan fingerprint density at radius 3 is 2.62 bits per heavy atom. The summed E-state index contributed by atoms with van der Waals surface area (Å²) in [7, 11) is 0. The van der Waals surface area contributed by atoms with Crippen LogP contribution < -0.4 is 5.73 Å². The monoisotopic (exact) mass is 290 g/mol. The second-order valence-corrected chi connectivity index (χ2v) is 6.48. The lowest BCUT2D eigenvalue weighted by Crippen LogP contribution is -2.56. The van der Waals surface area contributed by atoms with E-state index in [1.54, 1.807) is 0 Å².